The molecule has 0 unspecified atom stereocenters. The second-order valence-corrected chi connectivity index (χ2v) is 7.98. The van der Waals surface area contributed by atoms with E-state index in [1.807, 2.05) is 42.5 Å². The largest absolute Gasteiger partial charge is 0.493 e. The van der Waals surface area contributed by atoms with Gasteiger partial charge in [-0.05, 0) is 46.8 Å². The predicted octanol–water partition coefficient (Wildman–Crippen LogP) is 4.60. The first-order chi connectivity index (χ1) is 18.2. The molecule has 0 saturated heterocycles. The molecular formula is C29H28N2O6. The lowest BCUT2D eigenvalue weighted by Crippen LogP contribution is -2.02. The number of nitrogens with zero attached hydrogens (tertiary/aromatic N) is 2. The molecule has 190 valence electrons. The summed E-state index contributed by atoms with van der Waals surface area (Å²) in [5.74, 6) is 8.91. The second-order valence-electron chi connectivity index (χ2n) is 7.98. The SMILES string of the molecule is COCOc1cc2c(OCOC)cccc2cc1C#Cc1cc(Cc2cncnc2)cc(OC)c1OC. The summed E-state index contributed by atoms with van der Waals surface area (Å²) in [6.07, 6.45) is 5.70. The van der Waals surface area contributed by atoms with Crippen molar-refractivity contribution in [2.45, 2.75) is 6.42 Å². The van der Waals surface area contributed by atoms with Crippen molar-refractivity contribution in [3.63, 3.8) is 0 Å². The van der Waals surface area contributed by atoms with E-state index in [-0.39, 0.29) is 13.6 Å². The van der Waals surface area contributed by atoms with Gasteiger partial charge in [0.25, 0.3) is 0 Å². The van der Waals surface area contributed by atoms with Crippen LogP contribution in [0.25, 0.3) is 10.8 Å². The molecule has 0 amide bonds. The van der Waals surface area contributed by atoms with E-state index in [4.69, 9.17) is 28.4 Å². The van der Waals surface area contributed by atoms with Gasteiger partial charge in [0.2, 0.25) is 0 Å². The predicted molar refractivity (Wildman–Crippen MR) is 139 cm³/mol. The van der Waals surface area contributed by atoms with E-state index in [1.54, 1.807) is 40.8 Å². The molecule has 0 bridgehead atoms. The maximum Gasteiger partial charge on any atom is 0.188 e. The topological polar surface area (TPSA) is 81.2 Å². The zero-order valence-electron chi connectivity index (χ0n) is 21.2. The monoisotopic (exact) mass is 500 g/mol. The number of methoxy groups -OCH3 is 4. The lowest BCUT2D eigenvalue weighted by Gasteiger charge is -2.13. The van der Waals surface area contributed by atoms with Crippen LogP contribution in [0.2, 0.25) is 0 Å². The quantitative estimate of drug-likeness (QED) is 0.231. The van der Waals surface area contributed by atoms with Crippen LogP contribution in [0, 0.1) is 11.8 Å². The van der Waals surface area contributed by atoms with Crippen LogP contribution in [0.4, 0.5) is 0 Å². The van der Waals surface area contributed by atoms with Gasteiger partial charge >= 0.3 is 0 Å². The summed E-state index contributed by atoms with van der Waals surface area (Å²) in [6.45, 7) is 0.217. The zero-order chi connectivity index (χ0) is 26.0. The van der Waals surface area contributed by atoms with Crippen molar-refractivity contribution in [2.24, 2.45) is 0 Å². The van der Waals surface area contributed by atoms with Crippen LogP contribution in [0.5, 0.6) is 23.0 Å². The highest BCUT2D eigenvalue weighted by atomic mass is 16.7. The fourth-order valence-electron chi connectivity index (χ4n) is 3.87. The van der Waals surface area contributed by atoms with Crippen molar-refractivity contribution < 1.29 is 28.4 Å². The molecule has 0 aliphatic rings. The summed E-state index contributed by atoms with van der Waals surface area (Å²) >= 11 is 0. The summed E-state index contributed by atoms with van der Waals surface area (Å²) in [4.78, 5) is 8.20. The van der Waals surface area contributed by atoms with E-state index in [0.29, 0.717) is 40.5 Å². The van der Waals surface area contributed by atoms with E-state index < -0.39 is 0 Å². The van der Waals surface area contributed by atoms with Crippen LogP contribution in [0.3, 0.4) is 0 Å². The molecule has 0 radical (unpaired) electrons. The van der Waals surface area contributed by atoms with Crippen LogP contribution in [0.1, 0.15) is 22.3 Å². The number of fused-ring (bicyclic) bond motifs is 1. The molecule has 0 atom stereocenters. The first kappa shape index (κ1) is 25.8. The van der Waals surface area contributed by atoms with Crippen LogP contribution < -0.4 is 18.9 Å². The number of hydrogen-bond acceptors (Lipinski definition) is 8. The molecular weight excluding hydrogens is 472 g/mol. The Morgan fingerprint density at radius 1 is 0.703 bits per heavy atom. The summed E-state index contributed by atoms with van der Waals surface area (Å²) in [5, 5.41) is 1.83. The fraction of sp³-hybridized carbons (Fsp3) is 0.241. The van der Waals surface area contributed by atoms with Crippen LogP contribution in [-0.2, 0) is 15.9 Å². The van der Waals surface area contributed by atoms with Gasteiger partial charge in [-0.2, -0.15) is 0 Å². The first-order valence-corrected chi connectivity index (χ1v) is 11.5. The highest BCUT2D eigenvalue weighted by molar-refractivity contribution is 5.91. The minimum Gasteiger partial charge on any atom is -0.493 e. The first-order valence-electron chi connectivity index (χ1n) is 11.5. The van der Waals surface area contributed by atoms with Gasteiger partial charge in [0.15, 0.2) is 25.1 Å². The van der Waals surface area contributed by atoms with Crippen LogP contribution >= 0.6 is 0 Å². The minimum absolute atomic E-state index is 0.0764. The summed E-state index contributed by atoms with van der Waals surface area (Å²) < 4.78 is 33.0. The molecule has 3 aromatic carbocycles. The number of hydrogen-bond donors (Lipinski definition) is 0. The molecule has 0 spiro atoms. The van der Waals surface area contributed by atoms with Gasteiger partial charge < -0.3 is 28.4 Å². The van der Waals surface area contributed by atoms with E-state index in [9.17, 15) is 0 Å². The third kappa shape index (κ3) is 6.28. The Balaban J connectivity index is 1.79. The van der Waals surface area contributed by atoms with Gasteiger partial charge in [-0.15, -0.1) is 0 Å². The normalized spacial score (nSPS) is 10.5. The Morgan fingerprint density at radius 2 is 1.43 bits per heavy atom. The smallest absolute Gasteiger partial charge is 0.188 e. The van der Waals surface area contributed by atoms with Gasteiger partial charge in [0.1, 0.15) is 17.8 Å². The maximum absolute atomic E-state index is 5.87. The van der Waals surface area contributed by atoms with Crippen molar-refractivity contribution in [3.05, 3.63) is 83.4 Å². The lowest BCUT2D eigenvalue weighted by atomic mass is 10.0. The van der Waals surface area contributed by atoms with Crippen LogP contribution in [0.15, 0.2) is 61.2 Å². The number of ether oxygens (including phenoxy) is 6. The highest BCUT2D eigenvalue weighted by Gasteiger charge is 2.13. The van der Waals surface area contributed by atoms with Crippen molar-refractivity contribution >= 4 is 10.8 Å². The van der Waals surface area contributed by atoms with Gasteiger partial charge in [0.05, 0.1) is 25.3 Å². The van der Waals surface area contributed by atoms with E-state index in [2.05, 4.69) is 21.8 Å². The summed E-state index contributed by atoms with van der Waals surface area (Å²) in [5.41, 5.74) is 3.34. The molecule has 1 heterocycles. The van der Waals surface area contributed by atoms with E-state index >= 15 is 0 Å². The van der Waals surface area contributed by atoms with Gasteiger partial charge in [-0.3, -0.25) is 0 Å². The third-order valence-electron chi connectivity index (χ3n) is 5.50. The van der Waals surface area contributed by atoms with Crippen molar-refractivity contribution in [1.29, 1.82) is 0 Å². The molecule has 0 fully saturated rings. The van der Waals surface area contributed by atoms with E-state index in [1.165, 1.54) is 6.33 Å². The number of aromatic nitrogens is 2. The van der Waals surface area contributed by atoms with Gasteiger partial charge in [-0.25, -0.2) is 9.97 Å². The van der Waals surface area contributed by atoms with Gasteiger partial charge in [0, 0.05) is 38.4 Å². The average Bonchev–Trinajstić information content (AvgIpc) is 2.93. The zero-order valence-corrected chi connectivity index (χ0v) is 21.2. The van der Waals surface area contributed by atoms with E-state index in [0.717, 1.165) is 21.9 Å². The van der Waals surface area contributed by atoms with Crippen molar-refractivity contribution in [2.75, 3.05) is 42.0 Å². The van der Waals surface area contributed by atoms with Gasteiger partial charge in [-0.1, -0.05) is 24.0 Å². The Bertz CT molecular complexity index is 1410. The number of rotatable bonds is 10. The average molecular weight is 501 g/mol. The summed E-state index contributed by atoms with van der Waals surface area (Å²) in [7, 11) is 6.35. The molecule has 0 N–H and O–H groups in total. The molecule has 37 heavy (non-hydrogen) atoms. The molecule has 0 aliphatic carbocycles. The maximum atomic E-state index is 5.87. The Kier molecular flexibility index (Phi) is 8.76. The molecule has 8 heteroatoms. The Hall–Kier alpha value is -4.32. The molecule has 4 aromatic rings. The number of benzene rings is 3. The molecule has 4 rings (SSSR count). The molecule has 1 aromatic heterocycles. The Labute approximate surface area is 216 Å². The minimum atomic E-state index is 0.0764. The third-order valence-corrected chi connectivity index (χ3v) is 5.50. The lowest BCUT2D eigenvalue weighted by molar-refractivity contribution is 0.0502. The molecule has 0 saturated carbocycles. The second kappa shape index (κ2) is 12.6. The fourth-order valence-corrected chi connectivity index (χ4v) is 3.87. The van der Waals surface area contributed by atoms with Crippen molar-refractivity contribution in [1.82, 2.24) is 9.97 Å². The van der Waals surface area contributed by atoms with Crippen molar-refractivity contribution in [3.8, 4) is 34.8 Å². The summed E-state index contributed by atoms with van der Waals surface area (Å²) in [6, 6.07) is 13.6. The molecule has 8 nitrogen and oxygen atoms in total. The van der Waals surface area contributed by atoms with Crippen LogP contribution in [-0.4, -0.2) is 52.0 Å². The highest BCUT2D eigenvalue weighted by Crippen LogP contribution is 2.34. The standard InChI is InChI=1S/C29H28N2O6/c1-32-18-36-26-7-5-6-22-13-23(27(14-25(22)26)37-19-33-2)8-9-24-11-20(10-21-15-30-17-31-16-21)12-28(34-3)29(24)35-4/h5-7,11-17H,10,18-19H2,1-4H3. The molecule has 0 aliphatic heterocycles. The Morgan fingerprint density at radius 3 is 2.14 bits per heavy atom.